The maximum Gasteiger partial charge on any atom is 0.326 e. The quantitative estimate of drug-likeness (QED) is 0.775. The van der Waals surface area contributed by atoms with Gasteiger partial charge in [-0.2, -0.15) is 4.98 Å². The normalized spacial score (nSPS) is 10.4. The topological polar surface area (TPSA) is 69.4 Å². The van der Waals surface area contributed by atoms with Gasteiger partial charge >= 0.3 is 6.01 Å². The first kappa shape index (κ1) is 14.8. The SMILES string of the molecule is COc1ccc(OC)c(Nc2nc(-c3ccccc3F)no2)c1. The monoisotopic (exact) mass is 315 g/mol. The van der Waals surface area contributed by atoms with Crippen molar-refractivity contribution in [1.82, 2.24) is 10.1 Å². The van der Waals surface area contributed by atoms with E-state index in [0.29, 0.717) is 17.2 Å². The zero-order valence-corrected chi connectivity index (χ0v) is 12.5. The molecule has 0 atom stereocenters. The van der Waals surface area contributed by atoms with Gasteiger partial charge in [-0.05, 0) is 24.3 Å². The van der Waals surface area contributed by atoms with E-state index in [-0.39, 0.29) is 17.4 Å². The maximum atomic E-state index is 13.8. The third-order valence-electron chi connectivity index (χ3n) is 3.19. The Hall–Kier alpha value is -3.09. The molecule has 0 fully saturated rings. The number of hydrogen-bond acceptors (Lipinski definition) is 6. The standard InChI is InChI=1S/C16H14FN3O3/c1-21-10-7-8-14(22-2)13(9-10)18-16-19-15(20-23-16)11-5-3-4-6-12(11)17/h3-9H,1-2H3,(H,18,19,20). The van der Waals surface area contributed by atoms with E-state index < -0.39 is 5.82 Å². The van der Waals surface area contributed by atoms with Crippen molar-refractivity contribution in [3.8, 4) is 22.9 Å². The van der Waals surface area contributed by atoms with Crippen LogP contribution in [-0.2, 0) is 0 Å². The van der Waals surface area contributed by atoms with E-state index in [1.165, 1.54) is 6.07 Å². The fourth-order valence-electron chi connectivity index (χ4n) is 2.05. The van der Waals surface area contributed by atoms with Gasteiger partial charge in [-0.15, -0.1) is 0 Å². The van der Waals surface area contributed by atoms with Crippen LogP contribution in [0, 0.1) is 5.82 Å². The highest BCUT2D eigenvalue weighted by molar-refractivity contribution is 5.65. The molecule has 7 heteroatoms. The van der Waals surface area contributed by atoms with Crippen LogP contribution in [0.2, 0.25) is 0 Å². The zero-order valence-electron chi connectivity index (χ0n) is 12.5. The molecule has 0 saturated carbocycles. The lowest BCUT2D eigenvalue weighted by Crippen LogP contribution is -1.96. The smallest absolute Gasteiger partial charge is 0.326 e. The molecule has 118 valence electrons. The molecule has 3 rings (SSSR count). The molecule has 0 saturated heterocycles. The minimum Gasteiger partial charge on any atom is -0.497 e. The minimum absolute atomic E-state index is 0.120. The fraction of sp³-hybridized carbons (Fsp3) is 0.125. The minimum atomic E-state index is -0.418. The number of rotatable bonds is 5. The Bertz CT molecular complexity index is 820. The number of ether oxygens (including phenoxy) is 2. The zero-order chi connectivity index (χ0) is 16.2. The summed E-state index contributed by atoms with van der Waals surface area (Å²) in [7, 11) is 3.11. The first-order valence-electron chi connectivity index (χ1n) is 6.79. The van der Waals surface area contributed by atoms with E-state index in [1.54, 1.807) is 50.6 Å². The van der Waals surface area contributed by atoms with Gasteiger partial charge in [0, 0.05) is 6.07 Å². The van der Waals surface area contributed by atoms with Crippen molar-refractivity contribution in [3.05, 3.63) is 48.3 Å². The Kier molecular flexibility index (Phi) is 4.09. The average Bonchev–Trinajstić information content (AvgIpc) is 3.03. The average molecular weight is 315 g/mol. The first-order chi connectivity index (χ1) is 11.2. The van der Waals surface area contributed by atoms with Crippen LogP contribution in [-0.4, -0.2) is 24.4 Å². The number of anilines is 2. The Balaban J connectivity index is 1.89. The maximum absolute atomic E-state index is 13.8. The van der Waals surface area contributed by atoms with E-state index in [4.69, 9.17) is 14.0 Å². The van der Waals surface area contributed by atoms with Gasteiger partial charge in [0.1, 0.15) is 17.3 Å². The van der Waals surface area contributed by atoms with Crippen LogP contribution < -0.4 is 14.8 Å². The molecular weight excluding hydrogens is 301 g/mol. The van der Waals surface area contributed by atoms with Crippen molar-refractivity contribution < 1.29 is 18.4 Å². The Labute approximate surface area is 131 Å². The number of aromatic nitrogens is 2. The molecule has 0 amide bonds. The summed E-state index contributed by atoms with van der Waals surface area (Å²) in [5.74, 6) is 0.963. The molecular formula is C16H14FN3O3. The van der Waals surface area contributed by atoms with Gasteiger partial charge in [-0.1, -0.05) is 17.3 Å². The Morgan fingerprint density at radius 2 is 1.91 bits per heavy atom. The fourth-order valence-corrected chi connectivity index (χ4v) is 2.05. The second kappa shape index (κ2) is 6.35. The molecule has 1 heterocycles. The Morgan fingerprint density at radius 1 is 1.09 bits per heavy atom. The number of benzene rings is 2. The number of methoxy groups -OCH3 is 2. The van der Waals surface area contributed by atoms with Crippen LogP contribution in [0.5, 0.6) is 11.5 Å². The molecule has 1 aromatic heterocycles. The summed E-state index contributed by atoms with van der Waals surface area (Å²) >= 11 is 0. The predicted molar refractivity (Wildman–Crippen MR) is 82.5 cm³/mol. The summed E-state index contributed by atoms with van der Waals surface area (Å²) in [6.07, 6.45) is 0. The van der Waals surface area contributed by atoms with Gasteiger partial charge in [-0.25, -0.2) is 4.39 Å². The largest absolute Gasteiger partial charge is 0.497 e. The van der Waals surface area contributed by atoms with Crippen LogP contribution in [0.15, 0.2) is 47.0 Å². The third-order valence-corrected chi connectivity index (χ3v) is 3.19. The summed E-state index contributed by atoms with van der Waals surface area (Å²) in [6, 6.07) is 11.6. The van der Waals surface area contributed by atoms with Crippen molar-refractivity contribution >= 4 is 11.7 Å². The number of hydrogen-bond donors (Lipinski definition) is 1. The number of nitrogens with one attached hydrogen (secondary N) is 1. The van der Waals surface area contributed by atoms with Gasteiger partial charge in [-0.3, -0.25) is 0 Å². The van der Waals surface area contributed by atoms with E-state index >= 15 is 0 Å². The number of halogens is 1. The van der Waals surface area contributed by atoms with Crippen molar-refractivity contribution in [3.63, 3.8) is 0 Å². The summed E-state index contributed by atoms with van der Waals surface area (Å²) in [4.78, 5) is 4.14. The molecule has 0 spiro atoms. The molecule has 0 aliphatic carbocycles. The van der Waals surface area contributed by atoms with E-state index in [9.17, 15) is 4.39 Å². The lowest BCUT2D eigenvalue weighted by Gasteiger charge is -2.09. The van der Waals surface area contributed by atoms with Gasteiger partial charge in [0.2, 0.25) is 5.82 Å². The highest BCUT2D eigenvalue weighted by atomic mass is 19.1. The summed E-state index contributed by atoms with van der Waals surface area (Å²) in [5, 5.41) is 6.72. The Morgan fingerprint density at radius 3 is 2.65 bits per heavy atom. The highest BCUT2D eigenvalue weighted by Gasteiger charge is 2.14. The highest BCUT2D eigenvalue weighted by Crippen LogP contribution is 2.31. The van der Waals surface area contributed by atoms with Gasteiger partial charge in [0.25, 0.3) is 0 Å². The summed E-state index contributed by atoms with van der Waals surface area (Å²) in [5.41, 5.74) is 0.859. The van der Waals surface area contributed by atoms with Crippen molar-refractivity contribution in [2.24, 2.45) is 0 Å². The van der Waals surface area contributed by atoms with Gasteiger partial charge in [0.05, 0.1) is 25.5 Å². The molecule has 0 radical (unpaired) electrons. The van der Waals surface area contributed by atoms with Crippen molar-refractivity contribution in [2.45, 2.75) is 0 Å². The lowest BCUT2D eigenvalue weighted by atomic mass is 10.2. The van der Waals surface area contributed by atoms with Crippen molar-refractivity contribution in [1.29, 1.82) is 0 Å². The van der Waals surface area contributed by atoms with Gasteiger partial charge < -0.3 is 19.3 Å². The second-order valence-electron chi connectivity index (χ2n) is 4.59. The van der Waals surface area contributed by atoms with Crippen LogP contribution in [0.3, 0.4) is 0 Å². The molecule has 0 bridgehead atoms. The molecule has 1 N–H and O–H groups in total. The summed E-state index contributed by atoms with van der Waals surface area (Å²) in [6.45, 7) is 0. The molecule has 23 heavy (non-hydrogen) atoms. The van der Waals surface area contributed by atoms with E-state index in [0.717, 1.165) is 0 Å². The molecule has 0 unspecified atom stereocenters. The van der Waals surface area contributed by atoms with E-state index in [1.807, 2.05) is 0 Å². The van der Waals surface area contributed by atoms with Crippen molar-refractivity contribution in [2.75, 3.05) is 19.5 Å². The second-order valence-corrected chi connectivity index (χ2v) is 4.59. The van der Waals surface area contributed by atoms with E-state index in [2.05, 4.69) is 15.5 Å². The number of nitrogens with zero attached hydrogens (tertiary/aromatic N) is 2. The van der Waals surface area contributed by atoms with Crippen LogP contribution in [0.25, 0.3) is 11.4 Å². The summed E-state index contributed by atoms with van der Waals surface area (Å²) < 4.78 is 29.3. The molecule has 0 aliphatic heterocycles. The van der Waals surface area contributed by atoms with Crippen LogP contribution in [0.4, 0.5) is 16.1 Å². The molecule has 2 aromatic carbocycles. The predicted octanol–water partition coefficient (Wildman–Crippen LogP) is 3.64. The lowest BCUT2D eigenvalue weighted by molar-refractivity contribution is 0.403. The van der Waals surface area contributed by atoms with Crippen LogP contribution >= 0.6 is 0 Å². The third kappa shape index (κ3) is 3.08. The van der Waals surface area contributed by atoms with Gasteiger partial charge in [0.15, 0.2) is 0 Å². The molecule has 3 aromatic rings. The molecule has 6 nitrogen and oxygen atoms in total. The first-order valence-corrected chi connectivity index (χ1v) is 6.79. The van der Waals surface area contributed by atoms with Crippen LogP contribution in [0.1, 0.15) is 0 Å². The molecule has 0 aliphatic rings.